The van der Waals surface area contributed by atoms with Crippen molar-refractivity contribution in [3.63, 3.8) is 0 Å². The van der Waals surface area contributed by atoms with Crippen LogP contribution in [0.4, 0.5) is 8.78 Å². The number of ether oxygens (including phenoxy) is 1. The number of rotatable bonds is 4. The van der Waals surface area contributed by atoms with Gasteiger partial charge in [0.05, 0.1) is 6.10 Å². The van der Waals surface area contributed by atoms with Gasteiger partial charge < -0.3 is 9.84 Å². The molecule has 2 atom stereocenters. The van der Waals surface area contributed by atoms with E-state index < -0.39 is 17.7 Å². The van der Waals surface area contributed by atoms with Crippen molar-refractivity contribution in [3.05, 3.63) is 28.2 Å². The second-order valence-electron chi connectivity index (χ2n) is 5.00. The molecular formula is C14H17BrF2O2. The normalized spacial score (nSPS) is 24.9. The maximum atomic E-state index is 13.7. The van der Waals surface area contributed by atoms with Crippen molar-refractivity contribution in [2.24, 2.45) is 5.41 Å². The summed E-state index contributed by atoms with van der Waals surface area (Å²) in [5, 5.41) is 9.93. The Balaban J connectivity index is 2.23. The van der Waals surface area contributed by atoms with Gasteiger partial charge in [0.2, 0.25) is 5.82 Å². The molecule has 1 aromatic rings. The Morgan fingerprint density at radius 2 is 2.00 bits per heavy atom. The molecule has 2 rings (SSSR count). The van der Waals surface area contributed by atoms with Crippen molar-refractivity contribution in [1.82, 2.24) is 0 Å². The monoisotopic (exact) mass is 334 g/mol. The lowest BCUT2D eigenvalue weighted by atomic mass is 9.60. The summed E-state index contributed by atoms with van der Waals surface area (Å²) in [7, 11) is 0. The lowest BCUT2D eigenvalue weighted by molar-refractivity contribution is -0.160. The molecule has 106 valence electrons. The average Bonchev–Trinajstić information content (AvgIpc) is 2.36. The van der Waals surface area contributed by atoms with E-state index in [1.54, 1.807) is 0 Å². The van der Waals surface area contributed by atoms with Crippen LogP contribution >= 0.6 is 15.9 Å². The molecule has 1 aromatic carbocycles. The Morgan fingerprint density at radius 3 is 2.53 bits per heavy atom. The predicted octanol–water partition coefficient (Wildman–Crippen LogP) is 4.05. The summed E-state index contributed by atoms with van der Waals surface area (Å²) in [5.41, 5.74) is -0.356. The Labute approximate surface area is 119 Å². The van der Waals surface area contributed by atoms with E-state index in [4.69, 9.17) is 4.74 Å². The Morgan fingerprint density at radius 1 is 1.37 bits per heavy atom. The Kier molecular flexibility index (Phi) is 4.16. The molecule has 1 N–H and O–H groups in total. The van der Waals surface area contributed by atoms with E-state index >= 15 is 0 Å². The molecule has 1 saturated carbocycles. The van der Waals surface area contributed by atoms with Gasteiger partial charge in [-0.1, -0.05) is 29.8 Å². The van der Waals surface area contributed by atoms with Crippen LogP contribution in [0.3, 0.4) is 0 Å². The highest BCUT2D eigenvalue weighted by Gasteiger charge is 2.53. The van der Waals surface area contributed by atoms with Crippen LogP contribution in [0.5, 0.6) is 5.75 Å². The van der Waals surface area contributed by atoms with Crippen molar-refractivity contribution >= 4 is 15.9 Å². The van der Waals surface area contributed by atoms with Gasteiger partial charge in [0, 0.05) is 16.3 Å². The molecule has 0 radical (unpaired) electrons. The largest absolute Gasteiger partial charge is 0.486 e. The van der Waals surface area contributed by atoms with Crippen molar-refractivity contribution in [3.8, 4) is 5.75 Å². The maximum Gasteiger partial charge on any atom is 0.200 e. The summed E-state index contributed by atoms with van der Waals surface area (Å²) in [4.78, 5) is 0. The summed E-state index contributed by atoms with van der Waals surface area (Å²) in [6.07, 6.45) is 1.23. The topological polar surface area (TPSA) is 29.5 Å². The molecule has 1 fully saturated rings. The molecule has 5 heteroatoms. The minimum absolute atomic E-state index is 0.102. The molecule has 0 aliphatic heterocycles. The molecule has 2 unspecified atom stereocenters. The SMILES string of the molecule is CCC1(CC)C(O)CC1Oc1cc(Br)cc(F)c1F. The van der Waals surface area contributed by atoms with E-state index in [1.165, 1.54) is 6.07 Å². The van der Waals surface area contributed by atoms with Crippen LogP contribution in [0.15, 0.2) is 16.6 Å². The summed E-state index contributed by atoms with van der Waals surface area (Å²) < 4.78 is 33.0. The zero-order chi connectivity index (χ0) is 14.2. The number of benzene rings is 1. The van der Waals surface area contributed by atoms with E-state index in [-0.39, 0.29) is 17.3 Å². The van der Waals surface area contributed by atoms with Crippen LogP contribution in [0.25, 0.3) is 0 Å². The van der Waals surface area contributed by atoms with Crippen LogP contribution in [0.1, 0.15) is 33.1 Å². The molecular weight excluding hydrogens is 318 g/mol. The second-order valence-corrected chi connectivity index (χ2v) is 5.91. The summed E-state index contributed by atoms with van der Waals surface area (Å²) >= 11 is 3.12. The van der Waals surface area contributed by atoms with E-state index in [2.05, 4.69) is 15.9 Å². The Bertz CT molecular complexity index is 475. The number of hydrogen-bond acceptors (Lipinski definition) is 2. The van der Waals surface area contributed by atoms with Crippen molar-refractivity contribution < 1.29 is 18.6 Å². The summed E-state index contributed by atoms with van der Waals surface area (Å²) in [5.74, 6) is -2.02. The highest BCUT2D eigenvalue weighted by molar-refractivity contribution is 9.10. The van der Waals surface area contributed by atoms with Crippen molar-refractivity contribution in [2.75, 3.05) is 0 Å². The lowest BCUT2D eigenvalue weighted by Gasteiger charge is -2.52. The molecule has 0 bridgehead atoms. The molecule has 19 heavy (non-hydrogen) atoms. The van der Waals surface area contributed by atoms with Crippen LogP contribution in [-0.2, 0) is 0 Å². The fraction of sp³-hybridized carbons (Fsp3) is 0.571. The first kappa shape index (κ1) is 14.7. The van der Waals surface area contributed by atoms with Crippen molar-refractivity contribution in [1.29, 1.82) is 0 Å². The molecule has 0 saturated heterocycles. The molecule has 2 nitrogen and oxygen atoms in total. The van der Waals surface area contributed by atoms with Gasteiger partial charge in [-0.3, -0.25) is 0 Å². The maximum absolute atomic E-state index is 13.7. The average molecular weight is 335 g/mol. The van der Waals surface area contributed by atoms with E-state index in [1.807, 2.05) is 13.8 Å². The van der Waals surface area contributed by atoms with Gasteiger partial charge in [0.15, 0.2) is 11.6 Å². The lowest BCUT2D eigenvalue weighted by Crippen LogP contribution is -2.59. The summed E-state index contributed by atoms with van der Waals surface area (Å²) in [6.45, 7) is 3.94. The fourth-order valence-electron chi connectivity index (χ4n) is 2.84. The van der Waals surface area contributed by atoms with Crippen LogP contribution in [-0.4, -0.2) is 17.3 Å². The third-order valence-electron chi connectivity index (χ3n) is 4.29. The first-order valence-corrected chi connectivity index (χ1v) is 7.23. The molecule has 1 aliphatic carbocycles. The molecule has 0 heterocycles. The highest BCUT2D eigenvalue weighted by Crippen LogP contribution is 2.49. The number of hydrogen-bond donors (Lipinski definition) is 1. The van der Waals surface area contributed by atoms with Gasteiger partial charge in [-0.05, 0) is 25.0 Å². The van der Waals surface area contributed by atoms with E-state index in [0.29, 0.717) is 10.9 Å². The third kappa shape index (κ3) is 2.38. The quantitative estimate of drug-likeness (QED) is 0.842. The van der Waals surface area contributed by atoms with E-state index in [9.17, 15) is 13.9 Å². The summed E-state index contributed by atoms with van der Waals surface area (Å²) in [6, 6.07) is 2.48. The smallest absolute Gasteiger partial charge is 0.200 e. The second kappa shape index (κ2) is 5.37. The zero-order valence-electron chi connectivity index (χ0n) is 10.9. The van der Waals surface area contributed by atoms with Gasteiger partial charge >= 0.3 is 0 Å². The predicted molar refractivity (Wildman–Crippen MR) is 72.1 cm³/mol. The first-order valence-electron chi connectivity index (χ1n) is 6.43. The number of aliphatic hydroxyl groups excluding tert-OH is 1. The van der Waals surface area contributed by atoms with Crippen LogP contribution < -0.4 is 4.74 Å². The molecule has 1 aliphatic rings. The Hall–Kier alpha value is -0.680. The van der Waals surface area contributed by atoms with Gasteiger partial charge in [0.25, 0.3) is 0 Å². The zero-order valence-corrected chi connectivity index (χ0v) is 12.5. The fourth-order valence-corrected chi connectivity index (χ4v) is 3.25. The first-order chi connectivity index (χ1) is 8.94. The third-order valence-corrected chi connectivity index (χ3v) is 4.75. The van der Waals surface area contributed by atoms with Crippen LogP contribution in [0, 0.1) is 17.0 Å². The van der Waals surface area contributed by atoms with Gasteiger partial charge in [-0.2, -0.15) is 4.39 Å². The standard InChI is InChI=1S/C14H17BrF2O2/c1-3-14(4-2)11(18)7-12(14)19-10-6-8(15)5-9(16)13(10)17/h5-6,11-12,18H,3-4,7H2,1-2H3. The minimum atomic E-state index is -0.981. The van der Waals surface area contributed by atoms with Gasteiger partial charge in [-0.15, -0.1) is 0 Å². The van der Waals surface area contributed by atoms with Gasteiger partial charge in [0.1, 0.15) is 6.10 Å². The molecule has 0 spiro atoms. The van der Waals surface area contributed by atoms with Gasteiger partial charge in [-0.25, -0.2) is 4.39 Å². The molecule has 0 amide bonds. The minimum Gasteiger partial charge on any atom is -0.486 e. The van der Waals surface area contributed by atoms with Crippen molar-refractivity contribution in [2.45, 2.75) is 45.3 Å². The number of aliphatic hydroxyl groups is 1. The molecule has 0 aromatic heterocycles. The van der Waals surface area contributed by atoms with Crippen LogP contribution in [0.2, 0.25) is 0 Å². The highest BCUT2D eigenvalue weighted by atomic mass is 79.9. The number of halogens is 3. The van der Waals surface area contributed by atoms with E-state index in [0.717, 1.165) is 18.9 Å².